The number of hydrogen-bond acceptors (Lipinski definition) is 2. The van der Waals surface area contributed by atoms with Gasteiger partial charge in [-0.2, -0.15) is 8.42 Å². The van der Waals surface area contributed by atoms with E-state index in [2.05, 4.69) is 27.8 Å². The maximum Gasteiger partial charge on any atom is 0.264 e. The van der Waals surface area contributed by atoms with E-state index in [0.29, 0.717) is 0 Å². The standard InChI is InChI=1S/C31H66N.C2H6O3S/c1-5-8-11-14-17-20-23-26-29-32(4,30-27-24-21-18-15-12-9-6-2)31-28-25-22-19-16-13-10-7-3;1-2-6(3,4)5/h5-31H2,1-4H3;2H2,1H3,(H,3,4,5)/q+1;. The van der Waals surface area contributed by atoms with Crippen LogP contribution in [0, 0.1) is 0 Å². The molecule has 232 valence electrons. The molecule has 0 saturated carbocycles. The van der Waals surface area contributed by atoms with Crippen LogP contribution < -0.4 is 0 Å². The third-order valence-electron chi connectivity index (χ3n) is 8.02. The van der Waals surface area contributed by atoms with Gasteiger partial charge in [0.1, 0.15) is 0 Å². The average molecular weight is 563 g/mol. The molecule has 0 aromatic rings. The molecule has 4 nitrogen and oxygen atoms in total. The second-order valence-electron chi connectivity index (χ2n) is 12.1. The highest BCUT2D eigenvalue weighted by Crippen LogP contribution is 2.17. The van der Waals surface area contributed by atoms with Gasteiger partial charge in [-0.25, -0.2) is 0 Å². The Balaban J connectivity index is 0. The monoisotopic (exact) mass is 563 g/mol. The van der Waals surface area contributed by atoms with E-state index in [1.54, 1.807) is 0 Å². The van der Waals surface area contributed by atoms with Gasteiger partial charge in [-0.1, -0.05) is 136 Å². The summed E-state index contributed by atoms with van der Waals surface area (Å²) in [6.45, 7) is 12.6. The van der Waals surface area contributed by atoms with E-state index < -0.39 is 10.1 Å². The van der Waals surface area contributed by atoms with Gasteiger partial charge < -0.3 is 4.48 Å². The average Bonchev–Trinajstić information content (AvgIpc) is 2.89. The zero-order valence-electron chi connectivity index (χ0n) is 26.9. The van der Waals surface area contributed by atoms with Crippen LogP contribution >= 0.6 is 0 Å². The van der Waals surface area contributed by atoms with E-state index in [4.69, 9.17) is 4.55 Å². The van der Waals surface area contributed by atoms with Crippen molar-refractivity contribution < 1.29 is 17.5 Å². The van der Waals surface area contributed by atoms with Crippen LogP contribution in [0.5, 0.6) is 0 Å². The van der Waals surface area contributed by atoms with E-state index in [1.807, 2.05) is 0 Å². The molecule has 0 aliphatic carbocycles. The SMILES string of the molecule is CCCCCCCCCC[N+](C)(CCCCCCCCCC)CCCCCCCCCC.CCS(=O)(=O)O. The van der Waals surface area contributed by atoms with Crippen molar-refractivity contribution in [2.45, 2.75) is 182 Å². The Morgan fingerprint density at radius 2 is 0.605 bits per heavy atom. The number of rotatable bonds is 28. The molecule has 0 spiro atoms. The third kappa shape index (κ3) is 33.9. The van der Waals surface area contributed by atoms with Gasteiger partial charge in [0.05, 0.1) is 32.4 Å². The van der Waals surface area contributed by atoms with E-state index in [-0.39, 0.29) is 5.75 Å². The highest BCUT2D eigenvalue weighted by atomic mass is 32.2. The van der Waals surface area contributed by atoms with Gasteiger partial charge in [0.25, 0.3) is 10.1 Å². The molecule has 1 N–H and O–H groups in total. The fourth-order valence-corrected chi connectivity index (χ4v) is 5.22. The molecule has 0 aliphatic heterocycles. The van der Waals surface area contributed by atoms with Crippen LogP contribution in [0.2, 0.25) is 0 Å². The summed E-state index contributed by atoms with van der Waals surface area (Å²) in [5, 5.41) is 0. The van der Waals surface area contributed by atoms with E-state index in [9.17, 15) is 8.42 Å². The predicted octanol–water partition coefficient (Wildman–Crippen LogP) is 10.7. The lowest BCUT2D eigenvalue weighted by molar-refractivity contribution is -0.910. The van der Waals surface area contributed by atoms with Crippen LogP contribution in [-0.4, -0.2) is 49.9 Å². The molecule has 0 bridgehead atoms. The minimum Gasteiger partial charge on any atom is -0.326 e. The van der Waals surface area contributed by atoms with Crippen molar-refractivity contribution in [1.29, 1.82) is 0 Å². The highest BCUT2D eigenvalue weighted by molar-refractivity contribution is 7.85. The van der Waals surface area contributed by atoms with Crippen molar-refractivity contribution in [3.05, 3.63) is 0 Å². The molecule has 0 unspecified atom stereocenters. The maximum atomic E-state index is 9.56. The van der Waals surface area contributed by atoms with Crippen LogP contribution in [0.4, 0.5) is 0 Å². The van der Waals surface area contributed by atoms with Gasteiger partial charge in [0.2, 0.25) is 0 Å². The summed E-state index contributed by atoms with van der Waals surface area (Å²) in [6, 6.07) is 0. The fraction of sp³-hybridized carbons (Fsp3) is 1.00. The van der Waals surface area contributed by atoms with Crippen LogP contribution in [-0.2, 0) is 10.1 Å². The molecule has 0 amide bonds. The Labute approximate surface area is 241 Å². The first kappa shape index (κ1) is 40.0. The van der Waals surface area contributed by atoms with Crippen LogP contribution in [0.1, 0.15) is 182 Å². The van der Waals surface area contributed by atoms with Crippen molar-refractivity contribution in [1.82, 2.24) is 0 Å². The zero-order valence-corrected chi connectivity index (χ0v) is 27.7. The highest BCUT2D eigenvalue weighted by Gasteiger charge is 2.20. The summed E-state index contributed by atoms with van der Waals surface area (Å²) >= 11 is 0. The molecular formula is C33H72NO3S+. The van der Waals surface area contributed by atoms with E-state index >= 15 is 0 Å². The summed E-state index contributed by atoms with van der Waals surface area (Å²) in [6.07, 6.45) is 34.8. The molecule has 0 aliphatic rings. The quantitative estimate of drug-likeness (QED) is 0.0586. The Morgan fingerprint density at radius 3 is 0.789 bits per heavy atom. The molecule has 0 saturated heterocycles. The molecule has 0 rings (SSSR count). The second kappa shape index (κ2) is 29.8. The van der Waals surface area contributed by atoms with Crippen molar-refractivity contribution >= 4 is 10.1 Å². The predicted molar refractivity (Wildman–Crippen MR) is 171 cm³/mol. The summed E-state index contributed by atoms with van der Waals surface area (Å²) in [5.41, 5.74) is 0. The van der Waals surface area contributed by atoms with Crippen molar-refractivity contribution in [2.75, 3.05) is 32.4 Å². The molecule has 5 heteroatoms. The fourth-order valence-electron chi connectivity index (χ4n) is 5.22. The van der Waals surface area contributed by atoms with Crippen molar-refractivity contribution in [3.8, 4) is 0 Å². The third-order valence-corrected chi connectivity index (χ3v) is 8.75. The normalized spacial score (nSPS) is 11.9. The molecular weight excluding hydrogens is 490 g/mol. The van der Waals surface area contributed by atoms with Gasteiger partial charge in [0, 0.05) is 0 Å². The Kier molecular flexibility index (Phi) is 31.4. The Bertz CT molecular complexity index is 500. The molecule has 0 aromatic carbocycles. The first-order valence-corrected chi connectivity index (χ1v) is 18.6. The molecule has 0 aromatic heterocycles. The summed E-state index contributed by atoms with van der Waals surface area (Å²) < 4.78 is 28.3. The van der Waals surface area contributed by atoms with E-state index in [1.165, 1.54) is 185 Å². The smallest absolute Gasteiger partial charge is 0.264 e. The number of quaternary nitrogens is 1. The van der Waals surface area contributed by atoms with Crippen LogP contribution in [0.3, 0.4) is 0 Å². The molecule has 0 fully saturated rings. The van der Waals surface area contributed by atoms with Crippen molar-refractivity contribution in [3.63, 3.8) is 0 Å². The van der Waals surface area contributed by atoms with E-state index in [0.717, 1.165) is 0 Å². The molecule has 0 radical (unpaired) electrons. The largest absolute Gasteiger partial charge is 0.326 e. The first-order chi connectivity index (χ1) is 18.2. The molecule has 0 atom stereocenters. The lowest BCUT2D eigenvalue weighted by Gasteiger charge is -2.35. The van der Waals surface area contributed by atoms with Gasteiger partial charge in [-0.3, -0.25) is 4.55 Å². The number of hydrogen-bond donors (Lipinski definition) is 1. The topological polar surface area (TPSA) is 54.4 Å². The summed E-state index contributed by atoms with van der Waals surface area (Å²) in [4.78, 5) is 0. The first-order valence-electron chi connectivity index (χ1n) is 17.0. The second-order valence-corrected chi connectivity index (χ2v) is 13.8. The molecule has 0 heterocycles. The minimum atomic E-state index is -3.66. The lowest BCUT2D eigenvalue weighted by atomic mass is 10.1. The van der Waals surface area contributed by atoms with Crippen LogP contribution in [0.25, 0.3) is 0 Å². The Morgan fingerprint density at radius 1 is 0.421 bits per heavy atom. The molecule has 38 heavy (non-hydrogen) atoms. The van der Waals surface area contributed by atoms with Gasteiger partial charge in [0.15, 0.2) is 0 Å². The minimum absolute atomic E-state index is 0.201. The van der Waals surface area contributed by atoms with Crippen molar-refractivity contribution in [2.24, 2.45) is 0 Å². The summed E-state index contributed by atoms with van der Waals surface area (Å²) in [7, 11) is -1.07. The summed E-state index contributed by atoms with van der Waals surface area (Å²) in [5.74, 6) is -0.201. The van der Waals surface area contributed by atoms with Gasteiger partial charge in [-0.15, -0.1) is 0 Å². The lowest BCUT2D eigenvalue weighted by Crippen LogP contribution is -2.46. The van der Waals surface area contributed by atoms with Crippen LogP contribution in [0.15, 0.2) is 0 Å². The Hall–Kier alpha value is -0.130. The zero-order chi connectivity index (χ0) is 28.8. The van der Waals surface area contributed by atoms with Gasteiger partial charge >= 0.3 is 0 Å². The number of unbranched alkanes of at least 4 members (excludes halogenated alkanes) is 21. The number of nitrogens with zero attached hydrogens (tertiary/aromatic N) is 1. The van der Waals surface area contributed by atoms with Gasteiger partial charge in [-0.05, 0) is 45.4 Å². The maximum absolute atomic E-state index is 9.56.